The lowest BCUT2D eigenvalue weighted by Crippen LogP contribution is -2.09. The topological polar surface area (TPSA) is 70.7 Å². The molecule has 1 atom stereocenters. The molecule has 0 saturated heterocycles. The van der Waals surface area contributed by atoms with Gasteiger partial charge in [0.15, 0.2) is 6.10 Å². The van der Waals surface area contributed by atoms with Gasteiger partial charge in [-0.2, -0.15) is 0 Å². The van der Waals surface area contributed by atoms with E-state index in [0.29, 0.717) is 11.1 Å². The van der Waals surface area contributed by atoms with Crippen molar-refractivity contribution >= 4 is 16.9 Å². The van der Waals surface area contributed by atoms with Gasteiger partial charge in [-0.05, 0) is 17.7 Å². The number of carboxylic acids is 1. The van der Waals surface area contributed by atoms with Crippen LogP contribution in [-0.4, -0.2) is 16.2 Å². The Labute approximate surface area is 79.4 Å². The number of hydrogen-bond acceptors (Lipinski definition) is 3. The van der Waals surface area contributed by atoms with Gasteiger partial charge in [0.25, 0.3) is 0 Å². The highest BCUT2D eigenvalue weighted by molar-refractivity contribution is 5.80. The van der Waals surface area contributed by atoms with E-state index in [1.54, 1.807) is 18.2 Å². The minimum atomic E-state index is -1.50. The van der Waals surface area contributed by atoms with Gasteiger partial charge in [0.2, 0.25) is 0 Å². The summed E-state index contributed by atoms with van der Waals surface area (Å²) in [4.78, 5) is 10.5. The van der Waals surface area contributed by atoms with Crippen molar-refractivity contribution in [2.24, 2.45) is 0 Å². The number of carbonyl (C=O) groups is 1. The van der Waals surface area contributed by atoms with Crippen LogP contribution in [0.4, 0.5) is 0 Å². The largest absolute Gasteiger partial charge is 0.479 e. The van der Waals surface area contributed by atoms with Crippen molar-refractivity contribution in [3.8, 4) is 0 Å². The van der Waals surface area contributed by atoms with Crippen molar-refractivity contribution < 1.29 is 19.4 Å². The van der Waals surface area contributed by atoms with E-state index in [9.17, 15) is 9.90 Å². The number of aliphatic hydroxyl groups excluding tert-OH is 1. The van der Waals surface area contributed by atoms with Gasteiger partial charge >= 0.3 is 5.97 Å². The number of aliphatic hydroxyl groups is 1. The smallest absolute Gasteiger partial charge is 0.337 e. The Bertz CT molecular complexity index is 472. The number of carboxylic acid groups (broad SMARTS) is 1. The molecular weight excluding hydrogens is 184 g/mol. The predicted octanol–water partition coefficient (Wildman–Crippen LogP) is 1.55. The molecule has 0 amide bonds. The molecule has 0 spiro atoms. The fraction of sp³-hybridized carbons (Fsp3) is 0.100. The third kappa shape index (κ3) is 1.36. The lowest BCUT2D eigenvalue weighted by Gasteiger charge is -2.04. The lowest BCUT2D eigenvalue weighted by molar-refractivity contribution is -0.146. The second-order valence-electron chi connectivity index (χ2n) is 2.96. The van der Waals surface area contributed by atoms with Crippen LogP contribution in [0.5, 0.6) is 0 Å². The van der Waals surface area contributed by atoms with E-state index in [-0.39, 0.29) is 0 Å². The van der Waals surface area contributed by atoms with Gasteiger partial charge in [0.05, 0.1) is 6.26 Å². The van der Waals surface area contributed by atoms with Crippen LogP contribution in [0.3, 0.4) is 0 Å². The molecule has 1 heterocycles. The third-order valence-corrected chi connectivity index (χ3v) is 2.03. The number of fused-ring (bicyclic) bond motifs is 1. The van der Waals surface area contributed by atoms with Crippen LogP contribution in [0.25, 0.3) is 11.0 Å². The first-order chi connectivity index (χ1) is 6.68. The quantitative estimate of drug-likeness (QED) is 0.757. The summed E-state index contributed by atoms with van der Waals surface area (Å²) in [6, 6.07) is 6.57. The summed E-state index contributed by atoms with van der Waals surface area (Å²) in [6.45, 7) is 0. The van der Waals surface area contributed by atoms with Crippen LogP contribution >= 0.6 is 0 Å². The van der Waals surface area contributed by atoms with Crippen LogP contribution < -0.4 is 0 Å². The molecule has 2 N–H and O–H groups in total. The van der Waals surface area contributed by atoms with E-state index in [1.807, 2.05) is 0 Å². The summed E-state index contributed by atoms with van der Waals surface area (Å²) in [6.07, 6.45) is 0.0196. The van der Waals surface area contributed by atoms with E-state index in [2.05, 4.69) is 0 Å². The summed E-state index contributed by atoms with van der Waals surface area (Å²) in [7, 11) is 0. The van der Waals surface area contributed by atoms with E-state index < -0.39 is 12.1 Å². The molecule has 72 valence electrons. The van der Waals surface area contributed by atoms with Crippen molar-refractivity contribution in [1.82, 2.24) is 0 Å². The molecule has 0 fully saturated rings. The highest BCUT2D eigenvalue weighted by atomic mass is 16.4. The molecule has 1 aromatic heterocycles. The standard InChI is InChI=1S/C10H8O4/c11-9(10(12)13)7-2-1-6-3-4-14-8(6)5-7/h1-5,9,11H,(H,12,13). The molecule has 2 aromatic rings. The van der Waals surface area contributed by atoms with Crippen molar-refractivity contribution in [3.05, 3.63) is 36.1 Å². The van der Waals surface area contributed by atoms with Crippen LogP contribution in [-0.2, 0) is 4.79 Å². The number of aliphatic carboxylic acids is 1. The second kappa shape index (κ2) is 3.16. The van der Waals surface area contributed by atoms with Gasteiger partial charge in [0.1, 0.15) is 5.58 Å². The van der Waals surface area contributed by atoms with E-state index in [4.69, 9.17) is 9.52 Å². The highest BCUT2D eigenvalue weighted by Gasteiger charge is 2.16. The maximum absolute atomic E-state index is 10.5. The van der Waals surface area contributed by atoms with Crippen LogP contribution in [0.1, 0.15) is 11.7 Å². The molecule has 1 unspecified atom stereocenters. The first kappa shape index (κ1) is 8.77. The van der Waals surface area contributed by atoms with E-state index >= 15 is 0 Å². The summed E-state index contributed by atoms with van der Waals surface area (Å²) < 4.78 is 5.08. The molecule has 14 heavy (non-hydrogen) atoms. The highest BCUT2D eigenvalue weighted by Crippen LogP contribution is 2.21. The summed E-state index contributed by atoms with van der Waals surface area (Å²) in [5, 5.41) is 18.7. The summed E-state index contributed by atoms with van der Waals surface area (Å²) in [5.74, 6) is -1.27. The average molecular weight is 192 g/mol. The molecule has 0 aliphatic carbocycles. The van der Waals surface area contributed by atoms with Crippen LogP contribution in [0, 0.1) is 0 Å². The fourth-order valence-corrected chi connectivity index (χ4v) is 1.28. The first-order valence-electron chi connectivity index (χ1n) is 4.06. The Morgan fingerprint density at radius 1 is 1.36 bits per heavy atom. The third-order valence-electron chi connectivity index (χ3n) is 2.03. The minimum Gasteiger partial charge on any atom is -0.479 e. The summed E-state index contributed by atoms with van der Waals surface area (Å²) in [5.41, 5.74) is 0.891. The van der Waals surface area contributed by atoms with E-state index in [1.165, 1.54) is 12.3 Å². The number of furan rings is 1. The molecule has 4 heteroatoms. The zero-order valence-corrected chi connectivity index (χ0v) is 7.18. The minimum absolute atomic E-state index is 0.319. The Hall–Kier alpha value is -1.81. The van der Waals surface area contributed by atoms with Gasteiger partial charge in [0, 0.05) is 5.39 Å². The maximum atomic E-state index is 10.5. The van der Waals surface area contributed by atoms with Crippen LogP contribution in [0.2, 0.25) is 0 Å². The molecule has 0 saturated carbocycles. The zero-order chi connectivity index (χ0) is 10.1. The Kier molecular flexibility index (Phi) is 1.98. The Morgan fingerprint density at radius 2 is 2.14 bits per heavy atom. The van der Waals surface area contributed by atoms with Crippen molar-refractivity contribution in [3.63, 3.8) is 0 Å². The van der Waals surface area contributed by atoms with E-state index in [0.717, 1.165) is 5.39 Å². The molecule has 1 aromatic carbocycles. The zero-order valence-electron chi connectivity index (χ0n) is 7.18. The van der Waals surface area contributed by atoms with Crippen molar-refractivity contribution in [2.45, 2.75) is 6.10 Å². The Morgan fingerprint density at radius 3 is 2.86 bits per heavy atom. The normalized spacial score (nSPS) is 12.9. The Balaban J connectivity index is 2.48. The predicted molar refractivity (Wildman–Crippen MR) is 48.8 cm³/mol. The molecule has 0 bridgehead atoms. The first-order valence-corrected chi connectivity index (χ1v) is 4.06. The molecule has 4 nitrogen and oxygen atoms in total. The fourth-order valence-electron chi connectivity index (χ4n) is 1.28. The molecular formula is C10H8O4. The van der Waals surface area contributed by atoms with Crippen molar-refractivity contribution in [1.29, 1.82) is 0 Å². The lowest BCUT2D eigenvalue weighted by atomic mass is 10.1. The van der Waals surface area contributed by atoms with Gasteiger partial charge in [-0.15, -0.1) is 0 Å². The second-order valence-corrected chi connectivity index (χ2v) is 2.96. The maximum Gasteiger partial charge on any atom is 0.337 e. The summed E-state index contributed by atoms with van der Waals surface area (Å²) >= 11 is 0. The average Bonchev–Trinajstić information content (AvgIpc) is 2.62. The van der Waals surface area contributed by atoms with Gasteiger partial charge in [-0.1, -0.05) is 12.1 Å². The molecule has 0 radical (unpaired) electrons. The molecule has 0 aliphatic heterocycles. The van der Waals surface area contributed by atoms with Crippen LogP contribution in [0.15, 0.2) is 34.9 Å². The van der Waals surface area contributed by atoms with Gasteiger partial charge in [-0.25, -0.2) is 4.79 Å². The monoisotopic (exact) mass is 192 g/mol. The number of benzene rings is 1. The number of hydrogen-bond donors (Lipinski definition) is 2. The van der Waals surface area contributed by atoms with Gasteiger partial charge < -0.3 is 14.6 Å². The van der Waals surface area contributed by atoms with Gasteiger partial charge in [-0.3, -0.25) is 0 Å². The molecule has 2 rings (SSSR count). The molecule has 0 aliphatic rings. The van der Waals surface area contributed by atoms with Crippen molar-refractivity contribution in [2.75, 3.05) is 0 Å². The number of rotatable bonds is 2. The SMILES string of the molecule is O=C(O)C(O)c1ccc2ccoc2c1.